The molecule has 28 heavy (non-hydrogen) atoms. The van der Waals surface area contributed by atoms with E-state index in [0.717, 1.165) is 6.42 Å². The molecule has 10 heteroatoms. The predicted molar refractivity (Wildman–Crippen MR) is 117 cm³/mol. The molecule has 0 aromatic carbocycles. The van der Waals surface area contributed by atoms with Gasteiger partial charge in [-0.3, -0.25) is 14.9 Å². The smallest absolute Gasteiger partial charge is 0.260 e. The zero-order valence-corrected chi connectivity index (χ0v) is 18.9. The van der Waals surface area contributed by atoms with Crippen LogP contribution >= 0.6 is 36.2 Å². The number of nitrogens with two attached hydrogens (primary N) is 1. The fraction of sp³-hybridized carbons (Fsp3) is 0.500. The largest absolute Gasteiger partial charge is 0.469 e. The van der Waals surface area contributed by atoms with Crippen LogP contribution < -0.4 is 16.4 Å². The van der Waals surface area contributed by atoms with Gasteiger partial charge in [-0.15, -0.1) is 36.2 Å². The molecule has 158 valence electrons. The third-order valence-electron chi connectivity index (χ3n) is 3.97. The molecule has 0 fully saturated rings. The van der Waals surface area contributed by atoms with Gasteiger partial charge in [0.05, 0.1) is 23.9 Å². The molecule has 0 radical (unpaired) electrons. The van der Waals surface area contributed by atoms with Crippen molar-refractivity contribution in [3.05, 3.63) is 34.7 Å². The Labute approximate surface area is 181 Å². The predicted octanol–water partition coefficient (Wildman–Crippen LogP) is 3.56. The van der Waals surface area contributed by atoms with Crippen LogP contribution in [-0.4, -0.2) is 28.9 Å². The molecule has 1 atom stereocenters. The van der Waals surface area contributed by atoms with Gasteiger partial charge in [0.2, 0.25) is 5.91 Å². The van der Waals surface area contributed by atoms with E-state index in [-0.39, 0.29) is 43.0 Å². The first-order chi connectivity index (χ1) is 12.2. The van der Waals surface area contributed by atoms with E-state index in [0.29, 0.717) is 34.6 Å². The lowest BCUT2D eigenvalue weighted by Gasteiger charge is -2.31. The van der Waals surface area contributed by atoms with Crippen molar-refractivity contribution >= 4 is 53.1 Å². The number of anilines is 1. The highest BCUT2D eigenvalue weighted by Crippen LogP contribution is 2.19. The van der Waals surface area contributed by atoms with E-state index in [1.807, 2.05) is 6.92 Å². The number of rotatable bonds is 8. The number of aromatic nitrogens is 1. The maximum Gasteiger partial charge on any atom is 0.260 e. The van der Waals surface area contributed by atoms with E-state index in [9.17, 15) is 9.59 Å². The summed E-state index contributed by atoms with van der Waals surface area (Å²) in [5.74, 6) is 0.558. The standard InChI is InChI=1S/C18H26N4O3S.2ClH/c1-11(2)8-18(4,10-19)22-15(23)7-13-9-26-17(20-13)21-16(24)14-5-6-25-12(14)3;;/h5-6,9,11H,7-8,10,19H2,1-4H3,(H,22,23)(H,20,21,24);2*1H. The molecule has 0 aliphatic rings. The highest BCUT2D eigenvalue weighted by molar-refractivity contribution is 7.14. The van der Waals surface area contributed by atoms with E-state index in [1.165, 1.54) is 17.6 Å². The molecule has 0 aliphatic heterocycles. The molecule has 2 rings (SSSR count). The van der Waals surface area contributed by atoms with Gasteiger partial charge < -0.3 is 15.5 Å². The lowest BCUT2D eigenvalue weighted by Crippen LogP contribution is -2.52. The number of hydrogen-bond acceptors (Lipinski definition) is 6. The monoisotopic (exact) mass is 450 g/mol. The summed E-state index contributed by atoms with van der Waals surface area (Å²) < 4.78 is 5.12. The van der Waals surface area contributed by atoms with Crippen LogP contribution in [0.4, 0.5) is 5.13 Å². The van der Waals surface area contributed by atoms with E-state index in [2.05, 4.69) is 29.5 Å². The molecule has 4 N–H and O–H groups in total. The van der Waals surface area contributed by atoms with Crippen LogP contribution in [0.2, 0.25) is 0 Å². The number of aryl methyl sites for hydroxylation is 1. The van der Waals surface area contributed by atoms with Crippen molar-refractivity contribution in [1.82, 2.24) is 10.3 Å². The van der Waals surface area contributed by atoms with E-state index in [4.69, 9.17) is 10.2 Å². The SMILES string of the molecule is Cc1occc1C(=O)Nc1nc(CC(=O)NC(C)(CN)CC(C)C)cs1.Cl.Cl. The van der Waals surface area contributed by atoms with Crippen molar-refractivity contribution in [2.45, 2.75) is 46.1 Å². The Morgan fingerprint density at radius 2 is 2.04 bits per heavy atom. The molecular formula is C18H28Cl2N4O3S. The Bertz CT molecular complexity index is 778. The van der Waals surface area contributed by atoms with Gasteiger partial charge in [-0.05, 0) is 32.3 Å². The Morgan fingerprint density at radius 3 is 2.57 bits per heavy atom. The Morgan fingerprint density at radius 1 is 1.36 bits per heavy atom. The Hall–Kier alpha value is -1.61. The number of halogens is 2. The summed E-state index contributed by atoms with van der Waals surface area (Å²) in [7, 11) is 0. The van der Waals surface area contributed by atoms with Crippen molar-refractivity contribution in [2.24, 2.45) is 11.7 Å². The summed E-state index contributed by atoms with van der Waals surface area (Å²) in [6.45, 7) is 8.23. The first-order valence-corrected chi connectivity index (χ1v) is 9.41. The number of amides is 2. The normalized spacial score (nSPS) is 12.5. The van der Waals surface area contributed by atoms with Crippen LogP contribution in [0.25, 0.3) is 0 Å². The van der Waals surface area contributed by atoms with Crippen LogP contribution in [0.15, 0.2) is 22.1 Å². The molecule has 0 aliphatic carbocycles. The van der Waals surface area contributed by atoms with Gasteiger partial charge in [-0.2, -0.15) is 0 Å². The van der Waals surface area contributed by atoms with Gasteiger partial charge in [0.25, 0.3) is 5.91 Å². The second-order valence-corrected chi connectivity index (χ2v) is 7.93. The van der Waals surface area contributed by atoms with Crippen molar-refractivity contribution in [3.63, 3.8) is 0 Å². The van der Waals surface area contributed by atoms with Crippen LogP contribution in [0.5, 0.6) is 0 Å². The van der Waals surface area contributed by atoms with Crippen LogP contribution in [0.3, 0.4) is 0 Å². The average Bonchev–Trinajstić information content (AvgIpc) is 3.15. The van der Waals surface area contributed by atoms with E-state index in [1.54, 1.807) is 18.4 Å². The molecule has 7 nitrogen and oxygen atoms in total. The first-order valence-electron chi connectivity index (χ1n) is 8.53. The highest BCUT2D eigenvalue weighted by atomic mass is 35.5. The number of hydrogen-bond donors (Lipinski definition) is 3. The fourth-order valence-corrected chi connectivity index (χ4v) is 3.57. The Balaban J connectivity index is 0.00000364. The summed E-state index contributed by atoms with van der Waals surface area (Å²) in [5, 5.41) is 7.93. The van der Waals surface area contributed by atoms with Gasteiger partial charge in [0.1, 0.15) is 5.76 Å². The van der Waals surface area contributed by atoms with Gasteiger partial charge in [0.15, 0.2) is 5.13 Å². The van der Waals surface area contributed by atoms with Crippen molar-refractivity contribution < 1.29 is 14.0 Å². The number of carbonyl (C=O) groups excluding carboxylic acids is 2. The lowest BCUT2D eigenvalue weighted by molar-refractivity contribution is -0.122. The topological polar surface area (TPSA) is 110 Å². The fourth-order valence-electron chi connectivity index (χ4n) is 2.86. The molecule has 0 saturated carbocycles. The molecule has 1 unspecified atom stereocenters. The molecule has 2 amide bonds. The van der Waals surface area contributed by atoms with Crippen LogP contribution in [0.1, 0.15) is 49.0 Å². The minimum atomic E-state index is -0.433. The van der Waals surface area contributed by atoms with E-state index >= 15 is 0 Å². The lowest BCUT2D eigenvalue weighted by atomic mass is 9.90. The van der Waals surface area contributed by atoms with Gasteiger partial charge in [0, 0.05) is 17.5 Å². The molecule has 0 spiro atoms. The van der Waals surface area contributed by atoms with E-state index < -0.39 is 5.54 Å². The number of thiazole rings is 1. The summed E-state index contributed by atoms with van der Waals surface area (Å²) >= 11 is 1.28. The molecule has 0 saturated heterocycles. The summed E-state index contributed by atoms with van der Waals surface area (Å²) in [6.07, 6.45) is 2.41. The zero-order chi connectivity index (χ0) is 19.3. The molecule has 2 aromatic rings. The number of carbonyl (C=O) groups is 2. The van der Waals surface area contributed by atoms with Crippen LogP contribution in [-0.2, 0) is 11.2 Å². The van der Waals surface area contributed by atoms with Crippen molar-refractivity contribution in [2.75, 3.05) is 11.9 Å². The van der Waals surface area contributed by atoms with Crippen LogP contribution in [0, 0.1) is 12.8 Å². The zero-order valence-electron chi connectivity index (χ0n) is 16.4. The Kier molecular flexibility index (Phi) is 10.7. The highest BCUT2D eigenvalue weighted by Gasteiger charge is 2.26. The third-order valence-corrected chi connectivity index (χ3v) is 4.77. The summed E-state index contributed by atoms with van der Waals surface area (Å²) in [4.78, 5) is 28.8. The molecular weight excluding hydrogens is 423 g/mol. The second kappa shape index (κ2) is 11.4. The van der Waals surface area contributed by atoms with Gasteiger partial charge in [-0.1, -0.05) is 13.8 Å². The molecule has 2 aromatic heterocycles. The summed E-state index contributed by atoms with van der Waals surface area (Å²) in [6, 6.07) is 1.61. The number of nitrogens with one attached hydrogen (secondary N) is 2. The maximum absolute atomic E-state index is 12.3. The second-order valence-electron chi connectivity index (χ2n) is 7.08. The van der Waals surface area contributed by atoms with Crippen molar-refractivity contribution in [3.8, 4) is 0 Å². The van der Waals surface area contributed by atoms with Gasteiger partial charge >= 0.3 is 0 Å². The average molecular weight is 451 g/mol. The maximum atomic E-state index is 12.3. The van der Waals surface area contributed by atoms with Crippen molar-refractivity contribution in [1.29, 1.82) is 0 Å². The minimum Gasteiger partial charge on any atom is -0.469 e. The molecule has 0 bridgehead atoms. The number of furan rings is 1. The summed E-state index contributed by atoms with van der Waals surface area (Å²) in [5.41, 5.74) is 6.47. The first kappa shape index (κ1) is 26.4. The number of nitrogens with zero attached hydrogens (tertiary/aromatic N) is 1. The molecule has 2 heterocycles. The minimum absolute atomic E-state index is 0. The third kappa shape index (κ3) is 7.43. The quantitative estimate of drug-likeness (QED) is 0.569. The van der Waals surface area contributed by atoms with Gasteiger partial charge in [-0.25, -0.2) is 4.98 Å².